The maximum Gasteiger partial charge on any atom is 0.244 e. The third-order valence-corrected chi connectivity index (χ3v) is 8.61. The lowest BCUT2D eigenvalue weighted by molar-refractivity contribution is -0.140. The molecule has 10 heteroatoms. The Labute approximate surface area is 235 Å². The highest BCUT2D eigenvalue weighted by Crippen LogP contribution is 2.36. The van der Waals surface area contributed by atoms with Crippen LogP contribution in [0, 0.1) is 25.2 Å². The van der Waals surface area contributed by atoms with E-state index in [0.29, 0.717) is 70.7 Å². The number of likely N-dealkylation sites (tertiary alicyclic amines) is 1. The molecule has 2 N–H and O–H groups in total. The molecule has 1 aromatic heterocycles. The van der Waals surface area contributed by atoms with E-state index in [1.165, 1.54) is 0 Å². The van der Waals surface area contributed by atoms with Gasteiger partial charge in [0.05, 0.1) is 5.41 Å². The number of amides is 3. The van der Waals surface area contributed by atoms with Crippen LogP contribution in [-0.2, 0) is 32.1 Å². The first-order chi connectivity index (χ1) is 19.3. The van der Waals surface area contributed by atoms with Crippen molar-refractivity contribution in [3.05, 3.63) is 59.7 Å². The van der Waals surface area contributed by atoms with Crippen molar-refractivity contribution in [2.75, 3.05) is 26.3 Å². The molecule has 3 atom stereocenters. The van der Waals surface area contributed by atoms with E-state index in [2.05, 4.69) is 32.9 Å². The van der Waals surface area contributed by atoms with Gasteiger partial charge in [-0.3, -0.25) is 14.4 Å². The van der Waals surface area contributed by atoms with Crippen molar-refractivity contribution in [3.8, 4) is 0 Å². The molecule has 0 bridgehead atoms. The summed E-state index contributed by atoms with van der Waals surface area (Å²) < 4.78 is 7.24. The van der Waals surface area contributed by atoms with Gasteiger partial charge in [-0.15, -0.1) is 0 Å². The van der Waals surface area contributed by atoms with Crippen LogP contribution in [0.25, 0.3) is 0 Å². The Balaban J connectivity index is 1.36. The summed E-state index contributed by atoms with van der Waals surface area (Å²) in [7, 11) is 0. The van der Waals surface area contributed by atoms with E-state index in [1.54, 1.807) is 4.68 Å². The van der Waals surface area contributed by atoms with Gasteiger partial charge in [-0.05, 0) is 51.5 Å². The van der Waals surface area contributed by atoms with Crippen molar-refractivity contribution >= 4 is 17.7 Å². The summed E-state index contributed by atoms with van der Waals surface area (Å²) in [5.74, 6) is 1.18. The number of fused-ring (bicyclic) bond motifs is 1. The molecule has 214 valence electrons. The van der Waals surface area contributed by atoms with Gasteiger partial charge in [0, 0.05) is 44.7 Å². The summed E-state index contributed by atoms with van der Waals surface area (Å²) in [5.41, 5.74) is 0.400. The highest BCUT2D eigenvalue weighted by molar-refractivity contribution is 5.90. The Morgan fingerprint density at radius 3 is 2.60 bits per heavy atom. The second-order valence-corrected chi connectivity index (χ2v) is 11.4. The van der Waals surface area contributed by atoms with Crippen LogP contribution in [0.1, 0.15) is 49.3 Å². The van der Waals surface area contributed by atoms with Gasteiger partial charge in [-0.1, -0.05) is 42.5 Å². The number of aromatic nitrogens is 3. The number of aryl methyl sites for hydroxylation is 2. The molecule has 3 amide bonds. The van der Waals surface area contributed by atoms with Crippen LogP contribution in [0.2, 0.25) is 0 Å². The number of benzene rings is 1. The quantitative estimate of drug-likeness (QED) is 0.565. The zero-order valence-electron chi connectivity index (χ0n) is 23.5. The third kappa shape index (κ3) is 6.43. The van der Waals surface area contributed by atoms with Crippen LogP contribution in [0.3, 0.4) is 0 Å². The number of rotatable bonds is 4. The molecule has 2 aromatic rings. The molecule has 2 fully saturated rings. The number of allylic oxidation sites excluding steroid dienone is 2. The molecule has 4 heterocycles. The van der Waals surface area contributed by atoms with Crippen molar-refractivity contribution in [1.29, 1.82) is 0 Å². The van der Waals surface area contributed by atoms with Crippen LogP contribution in [0.15, 0.2) is 42.5 Å². The van der Waals surface area contributed by atoms with Crippen molar-refractivity contribution in [2.24, 2.45) is 11.3 Å². The minimum absolute atomic E-state index is 0.00301. The van der Waals surface area contributed by atoms with Crippen molar-refractivity contribution in [3.63, 3.8) is 0 Å². The van der Waals surface area contributed by atoms with Crippen LogP contribution >= 0.6 is 0 Å². The number of carbonyl (C=O) groups excluding carboxylic acids is 3. The Bertz CT molecular complexity index is 1240. The fraction of sp³-hybridized carbons (Fsp3) is 0.567. The van der Waals surface area contributed by atoms with E-state index in [-0.39, 0.29) is 36.2 Å². The zero-order valence-corrected chi connectivity index (χ0v) is 23.5. The lowest BCUT2D eigenvalue weighted by Gasteiger charge is -2.40. The summed E-state index contributed by atoms with van der Waals surface area (Å²) in [4.78, 5) is 46.8. The molecule has 40 heavy (non-hydrogen) atoms. The molecule has 0 unspecified atom stereocenters. The second kappa shape index (κ2) is 12.3. The number of hydrogen-bond acceptors (Lipinski definition) is 6. The summed E-state index contributed by atoms with van der Waals surface area (Å²) in [6.07, 6.45) is 7.87. The summed E-state index contributed by atoms with van der Waals surface area (Å²) in [6.45, 7) is 5.99. The largest absolute Gasteiger partial charge is 0.381 e. The first-order valence-corrected chi connectivity index (χ1v) is 14.4. The van der Waals surface area contributed by atoms with E-state index >= 15 is 0 Å². The second-order valence-electron chi connectivity index (χ2n) is 11.4. The Morgan fingerprint density at radius 2 is 1.88 bits per heavy atom. The first-order valence-electron chi connectivity index (χ1n) is 14.4. The van der Waals surface area contributed by atoms with Gasteiger partial charge in [0.25, 0.3) is 0 Å². The minimum atomic E-state index is -0.683. The minimum Gasteiger partial charge on any atom is -0.381 e. The maximum atomic E-state index is 13.7. The highest BCUT2D eigenvalue weighted by atomic mass is 16.5. The monoisotopic (exact) mass is 548 g/mol. The molecule has 0 aliphatic carbocycles. The first kappa shape index (κ1) is 28.0. The predicted molar refractivity (Wildman–Crippen MR) is 149 cm³/mol. The SMILES string of the molecule is Cc1nc(C)n(CC(=O)N2CC[C@@H]3NC(=O)[C@@H](Cc4ccccc4)NC(=O)C4(C/C=C/C[C@@H]3C2)CCOCC4)n1. The van der Waals surface area contributed by atoms with Crippen molar-refractivity contribution in [1.82, 2.24) is 30.3 Å². The molecule has 2 saturated heterocycles. The summed E-state index contributed by atoms with van der Waals surface area (Å²) in [5, 5.41) is 10.7. The highest BCUT2D eigenvalue weighted by Gasteiger charge is 2.41. The molecule has 0 radical (unpaired) electrons. The number of ether oxygens (including phenoxy) is 1. The molecule has 10 nitrogen and oxygen atoms in total. The number of piperidine rings is 1. The maximum absolute atomic E-state index is 13.7. The van der Waals surface area contributed by atoms with E-state index in [1.807, 2.05) is 49.1 Å². The Morgan fingerprint density at radius 1 is 1.10 bits per heavy atom. The number of nitrogens with one attached hydrogen (secondary N) is 2. The Kier molecular flexibility index (Phi) is 8.63. The lowest BCUT2D eigenvalue weighted by atomic mass is 9.75. The predicted octanol–water partition coefficient (Wildman–Crippen LogP) is 2.10. The summed E-state index contributed by atoms with van der Waals surface area (Å²) >= 11 is 0. The van der Waals surface area contributed by atoms with Gasteiger partial charge in [0.2, 0.25) is 17.7 Å². The normalized spacial score (nSPS) is 26.1. The average molecular weight is 549 g/mol. The van der Waals surface area contributed by atoms with Crippen molar-refractivity contribution < 1.29 is 19.1 Å². The summed E-state index contributed by atoms with van der Waals surface area (Å²) in [6, 6.07) is 9.01. The van der Waals surface area contributed by atoms with Gasteiger partial charge in [-0.25, -0.2) is 9.67 Å². The van der Waals surface area contributed by atoms with Crippen LogP contribution in [-0.4, -0.2) is 75.8 Å². The van der Waals surface area contributed by atoms with Crippen LogP contribution < -0.4 is 10.6 Å². The molecular formula is C30H40N6O4. The van der Waals surface area contributed by atoms with Gasteiger partial charge in [0.15, 0.2) is 0 Å². The smallest absolute Gasteiger partial charge is 0.244 e. The Hall–Kier alpha value is -3.53. The number of nitrogens with zero attached hydrogens (tertiary/aromatic N) is 4. The van der Waals surface area contributed by atoms with Crippen LogP contribution in [0.5, 0.6) is 0 Å². The fourth-order valence-electron chi connectivity index (χ4n) is 6.15. The topological polar surface area (TPSA) is 118 Å². The molecule has 5 rings (SSSR count). The van der Waals surface area contributed by atoms with E-state index < -0.39 is 11.5 Å². The van der Waals surface area contributed by atoms with Crippen LogP contribution in [0.4, 0.5) is 0 Å². The standard InChI is InChI=1S/C30H40N6O4/c1-21-31-22(2)36(34-21)20-27(37)35-15-11-25-24(19-35)10-6-7-12-30(13-16-40-17-14-30)29(39)33-26(28(38)32-25)18-23-8-4-3-5-9-23/h3-9,24-26H,10-20H2,1-2H3,(H,32,38)(H,33,39)/b7-6+/t24-,25+,26-/m1/s1. The van der Waals surface area contributed by atoms with Gasteiger partial charge >= 0.3 is 0 Å². The van der Waals surface area contributed by atoms with E-state index in [0.717, 1.165) is 11.4 Å². The average Bonchev–Trinajstić information content (AvgIpc) is 3.27. The van der Waals surface area contributed by atoms with Gasteiger partial charge in [0.1, 0.15) is 24.2 Å². The number of carbonyl (C=O) groups is 3. The van der Waals surface area contributed by atoms with E-state index in [4.69, 9.17) is 4.74 Å². The number of hydrogen-bond donors (Lipinski definition) is 2. The van der Waals surface area contributed by atoms with Gasteiger partial charge in [-0.2, -0.15) is 5.10 Å². The molecular weight excluding hydrogens is 508 g/mol. The fourth-order valence-corrected chi connectivity index (χ4v) is 6.15. The van der Waals surface area contributed by atoms with Crippen molar-refractivity contribution in [2.45, 2.75) is 71.0 Å². The molecule has 3 aliphatic heterocycles. The lowest BCUT2D eigenvalue weighted by Crippen LogP contribution is -2.58. The van der Waals surface area contributed by atoms with Gasteiger partial charge < -0.3 is 20.3 Å². The van der Waals surface area contributed by atoms with E-state index in [9.17, 15) is 14.4 Å². The molecule has 0 saturated carbocycles. The molecule has 1 spiro atoms. The molecule has 3 aliphatic rings. The zero-order chi connectivity index (χ0) is 28.1. The molecule has 1 aromatic carbocycles. The third-order valence-electron chi connectivity index (χ3n) is 8.61.